The van der Waals surface area contributed by atoms with E-state index in [2.05, 4.69) is 39.9 Å². The van der Waals surface area contributed by atoms with Gasteiger partial charge in [-0.25, -0.2) is 0 Å². The quantitative estimate of drug-likeness (QED) is 0.610. The molecule has 0 N–H and O–H groups in total. The highest BCUT2D eigenvalue weighted by Gasteiger charge is 2.10. The van der Waals surface area contributed by atoms with Crippen molar-refractivity contribution in [2.45, 2.75) is 11.9 Å². The van der Waals surface area contributed by atoms with Crippen molar-refractivity contribution in [2.75, 3.05) is 21.2 Å². The molecule has 0 bridgehead atoms. The third-order valence-corrected chi connectivity index (χ3v) is 3.50. The second-order valence-electron chi connectivity index (χ2n) is 3.53. The van der Waals surface area contributed by atoms with E-state index in [4.69, 9.17) is 4.74 Å². The average Bonchev–Trinajstić information content (AvgIpc) is 2.16. The van der Waals surface area contributed by atoms with E-state index < -0.39 is 0 Å². The van der Waals surface area contributed by atoms with Crippen LogP contribution in [0.3, 0.4) is 0 Å². The number of nitrogens with zero attached hydrogens (tertiary/aromatic N) is 1. The van der Waals surface area contributed by atoms with Gasteiger partial charge in [0.2, 0.25) is 0 Å². The van der Waals surface area contributed by atoms with Crippen LogP contribution >= 0.6 is 15.9 Å². The monoisotopic (exact) mass is 257 g/mol. The first-order valence-electron chi connectivity index (χ1n) is 4.51. The van der Waals surface area contributed by atoms with Gasteiger partial charge in [0.25, 0.3) is 0 Å². The van der Waals surface area contributed by atoms with E-state index in [1.807, 2.05) is 20.2 Å². The molecule has 0 fully saturated rings. The van der Waals surface area contributed by atoms with Crippen molar-refractivity contribution >= 4 is 15.9 Å². The summed E-state index contributed by atoms with van der Waals surface area (Å²) in [5.74, 6) is 0.937. The first kappa shape index (κ1) is 11.5. The molecule has 1 unspecified atom stereocenters. The van der Waals surface area contributed by atoms with Gasteiger partial charge in [0.1, 0.15) is 5.75 Å². The fraction of sp³-hybridized carbons (Fsp3) is 0.455. The predicted molar refractivity (Wildman–Crippen MR) is 63.1 cm³/mol. The largest absolute Gasteiger partial charge is 0.496 e. The molecule has 1 aromatic carbocycles. The molecule has 0 saturated carbocycles. The lowest BCUT2D eigenvalue weighted by atomic mass is 10.1. The number of methoxy groups -OCH3 is 1. The van der Waals surface area contributed by atoms with Gasteiger partial charge in [0, 0.05) is 0 Å². The van der Waals surface area contributed by atoms with Crippen LogP contribution in [0.2, 0.25) is 0 Å². The normalized spacial score (nSPS) is 13.0. The van der Waals surface area contributed by atoms with E-state index in [0.717, 1.165) is 11.3 Å². The zero-order valence-corrected chi connectivity index (χ0v) is 10.6. The molecule has 0 aromatic heterocycles. The Labute approximate surface area is 94.0 Å². The lowest BCUT2D eigenvalue weighted by Gasteiger charge is -2.19. The van der Waals surface area contributed by atoms with Crippen LogP contribution in [0.4, 0.5) is 0 Å². The maximum absolute atomic E-state index is 5.21. The van der Waals surface area contributed by atoms with Crippen molar-refractivity contribution < 1.29 is 4.74 Å². The Hall–Kier alpha value is -0.540. The number of ether oxygens (including phenoxy) is 1. The molecule has 0 saturated heterocycles. The van der Waals surface area contributed by atoms with Crippen LogP contribution in [0.5, 0.6) is 5.75 Å². The fourth-order valence-electron chi connectivity index (χ4n) is 1.35. The highest BCUT2D eigenvalue weighted by Crippen LogP contribution is 2.28. The fourth-order valence-corrected chi connectivity index (χ4v) is 1.63. The van der Waals surface area contributed by atoms with Crippen LogP contribution in [0, 0.1) is 6.92 Å². The summed E-state index contributed by atoms with van der Waals surface area (Å²) in [7, 11) is 5.78. The van der Waals surface area contributed by atoms with Crippen molar-refractivity contribution in [2.24, 2.45) is 0 Å². The highest BCUT2D eigenvalue weighted by atomic mass is 79.9. The maximum atomic E-state index is 5.21. The van der Waals surface area contributed by atoms with Crippen molar-refractivity contribution in [3.8, 4) is 5.75 Å². The molecule has 1 aromatic rings. The number of hydrogen-bond acceptors (Lipinski definition) is 2. The Balaban J connectivity index is 2.96. The van der Waals surface area contributed by atoms with Crippen molar-refractivity contribution in [3.63, 3.8) is 0 Å². The van der Waals surface area contributed by atoms with Gasteiger partial charge < -0.3 is 4.74 Å². The maximum Gasteiger partial charge on any atom is 0.121 e. The summed E-state index contributed by atoms with van der Waals surface area (Å²) >= 11 is 3.62. The molecule has 1 rings (SSSR count). The van der Waals surface area contributed by atoms with Gasteiger partial charge in [-0.1, -0.05) is 22.0 Å². The first-order valence-corrected chi connectivity index (χ1v) is 5.43. The highest BCUT2D eigenvalue weighted by molar-refractivity contribution is 9.09. The number of aryl methyl sites for hydroxylation is 1. The molecule has 1 atom stereocenters. The Bertz CT molecular complexity index is 312. The van der Waals surface area contributed by atoms with Crippen LogP contribution in [0.25, 0.3) is 0 Å². The molecular weight excluding hydrogens is 242 g/mol. The second kappa shape index (κ2) is 4.80. The van der Waals surface area contributed by atoms with E-state index in [1.165, 1.54) is 5.56 Å². The summed E-state index contributed by atoms with van der Waals surface area (Å²) in [6, 6.07) is 6.21. The Morgan fingerprint density at radius 1 is 1.36 bits per heavy atom. The number of rotatable bonds is 3. The molecule has 0 amide bonds. The van der Waals surface area contributed by atoms with E-state index in [-0.39, 0.29) is 4.95 Å². The minimum absolute atomic E-state index is 0.257. The summed E-state index contributed by atoms with van der Waals surface area (Å²) < 4.78 is 5.21. The van der Waals surface area contributed by atoms with E-state index >= 15 is 0 Å². The summed E-state index contributed by atoms with van der Waals surface area (Å²) in [4.78, 5) is 2.37. The number of halogens is 1. The van der Waals surface area contributed by atoms with Gasteiger partial charge in [0.05, 0.1) is 12.1 Å². The van der Waals surface area contributed by atoms with E-state index in [9.17, 15) is 0 Å². The van der Waals surface area contributed by atoms with Crippen molar-refractivity contribution in [3.05, 3.63) is 29.3 Å². The molecule has 14 heavy (non-hydrogen) atoms. The summed E-state index contributed by atoms with van der Waals surface area (Å²) in [5, 5.41) is 0. The lowest BCUT2D eigenvalue weighted by molar-refractivity contribution is 0.395. The molecule has 0 spiro atoms. The second-order valence-corrected chi connectivity index (χ2v) is 4.40. The SMILES string of the molecule is COc1ccc(C(Br)N(C)C)cc1C. The Morgan fingerprint density at radius 2 is 2.00 bits per heavy atom. The standard InChI is InChI=1S/C11H16BrNO/c1-8-7-9(11(12)13(2)3)5-6-10(8)14-4/h5-7,11H,1-4H3. The molecule has 0 heterocycles. The minimum atomic E-state index is 0.257. The molecule has 2 nitrogen and oxygen atoms in total. The summed E-state index contributed by atoms with van der Waals surface area (Å²) in [6.45, 7) is 2.05. The molecule has 3 heteroatoms. The molecule has 0 aliphatic rings. The first-order chi connectivity index (χ1) is 6.56. The summed E-state index contributed by atoms with van der Waals surface area (Å²) in [5.41, 5.74) is 2.41. The number of hydrogen-bond donors (Lipinski definition) is 0. The van der Waals surface area contributed by atoms with Crippen molar-refractivity contribution in [1.82, 2.24) is 4.90 Å². The topological polar surface area (TPSA) is 12.5 Å². The molecular formula is C11H16BrNO. The van der Waals surface area contributed by atoms with E-state index in [1.54, 1.807) is 7.11 Å². The third kappa shape index (κ3) is 2.49. The van der Waals surface area contributed by atoms with Gasteiger partial charge in [0.15, 0.2) is 0 Å². The van der Waals surface area contributed by atoms with Gasteiger partial charge in [-0.05, 0) is 44.3 Å². The molecule has 0 aliphatic carbocycles. The van der Waals surface area contributed by atoms with Crippen LogP contribution < -0.4 is 4.74 Å². The van der Waals surface area contributed by atoms with Crippen LogP contribution in [0.1, 0.15) is 16.1 Å². The number of alkyl halides is 1. The zero-order chi connectivity index (χ0) is 10.7. The van der Waals surface area contributed by atoms with E-state index in [0.29, 0.717) is 0 Å². The molecule has 78 valence electrons. The predicted octanol–water partition coefficient (Wildman–Crippen LogP) is 2.96. The van der Waals surface area contributed by atoms with Crippen LogP contribution in [-0.4, -0.2) is 26.1 Å². The van der Waals surface area contributed by atoms with Gasteiger partial charge in [-0.3, -0.25) is 4.90 Å². The third-order valence-electron chi connectivity index (χ3n) is 2.15. The minimum Gasteiger partial charge on any atom is -0.496 e. The molecule has 0 radical (unpaired) electrons. The van der Waals surface area contributed by atoms with Crippen LogP contribution in [0.15, 0.2) is 18.2 Å². The number of benzene rings is 1. The van der Waals surface area contributed by atoms with Gasteiger partial charge in [-0.15, -0.1) is 0 Å². The van der Waals surface area contributed by atoms with Gasteiger partial charge >= 0.3 is 0 Å². The van der Waals surface area contributed by atoms with Crippen LogP contribution in [-0.2, 0) is 0 Å². The Morgan fingerprint density at radius 3 is 2.43 bits per heavy atom. The molecule has 0 aliphatic heterocycles. The van der Waals surface area contributed by atoms with Crippen molar-refractivity contribution in [1.29, 1.82) is 0 Å². The zero-order valence-electron chi connectivity index (χ0n) is 9.04. The Kier molecular flexibility index (Phi) is 3.96. The lowest BCUT2D eigenvalue weighted by Crippen LogP contribution is -2.14. The summed E-state index contributed by atoms with van der Waals surface area (Å²) in [6.07, 6.45) is 0. The van der Waals surface area contributed by atoms with Gasteiger partial charge in [-0.2, -0.15) is 0 Å². The smallest absolute Gasteiger partial charge is 0.121 e. The average molecular weight is 258 g/mol.